The molecule has 6 aliphatic heterocycles. The number of hydrogen-bond donors (Lipinski definition) is 16. The van der Waals surface area contributed by atoms with Gasteiger partial charge < -0.3 is 134 Å². The summed E-state index contributed by atoms with van der Waals surface area (Å²) in [7, 11) is 0. The molecule has 6 aliphatic rings. The summed E-state index contributed by atoms with van der Waals surface area (Å²) in [5, 5.41) is 170. The molecule has 0 aromatic carbocycles. The second-order valence-corrected chi connectivity index (χ2v) is 15.5. The average Bonchev–Trinajstić information content (AvgIpc) is 4.08. The number of ether oxygens (including phenoxy) is 11. The first-order valence-corrected chi connectivity index (χ1v) is 19.7. The van der Waals surface area contributed by atoms with Gasteiger partial charge in [0, 0.05) is 0 Å². The Labute approximate surface area is 346 Å². The third-order valence-corrected chi connectivity index (χ3v) is 11.4. The van der Waals surface area contributed by atoms with Crippen molar-refractivity contribution in [2.75, 3.05) is 46.2 Å². The molecule has 61 heavy (non-hydrogen) atoms. The molecular formula is C34H58O27. The monoisotopic (exact) mass is 898 g/mol. The highest BCUT2D eigenvalue weighted by Crippen LogP contribution is 2.36. The fourth-order valence-electron chi connectivity index (χ4n) is 7.68. The van der Waals surface area contributed by atoms with Crippen molar-refractivity contribution in [3.8, 4) is 0 Å². The molecule has 6 fully saturated rings. The normalized spacial score (nSPS) is 51.9. The second kappa shape index (κ2) is 21.5. The van der Waals surface area contributed by atoms with Crippen LogP contribution in [0.25, 0.3) is 0 Å². The number of rotatable bonds is 17. The predicted octanol–water partition coefficient (Wildman–Crippen LogP) is -11.1. The molecule has 0 aromatic heterocycles. The first kappa shape index (κ1) is 49.4. The minimum Gasteiger partial charge on any atom is -0.394 e. The standard InChI is InChI=1S/C34H58O27/c35-3-10-15(40)20(45)21(46)31(54-10)58-27-17(42)12(5-37)56-33(23(27)48)60-29-19(44)14(7-39)57-34(25(29)50)61-28-18(43)13(6-38)55-32(24(28)49)59-26-16(41)11(4-36)53-30(22(26)47)51-2-1-9-8-52-9/h9-50H,1-8H2/t9?,10-,11-,12-,13-,14-,15-,16-,17-,18-,19-,20+,21-,22-,23-,24-,25-,26+,27+,28+,29+,30-,31+,32+,33+,34+/m1/s1. The molecule has 6 rings (SSSR count). The summed E-state index contributed by atoms with van der Waals surface area (Å²) in [5.74, 6) is 0. The van der Waals surface area contributed by atoms with Crippen LogP contribution in [0.15, 0.2) is 0 Å². The predicted molar refractivity (Wildman–Crippen MR) is 185 cm³/mol. The maximum Gasteiger partial charge on any atom is 0.187 e. The van der Waals surface area contributed by atoms with Crippen molar-refractivity contribution >= 4 is 0 Å². The van der Waals surface area contributed by atoms with Crippen molar-refractivity contribution in [2.45, 2.75) is 166 Å². The third kappa shape index (κ3) is 10.6. The van der Waals surface area contributed by atoms with Crippen LogP contribution in [0.5, 0.6) is 0 Å². The highest BCUT2D eigenvalue weighted by Gasteiger charge is 2.57. The van der Waals surface area contributed by atoms with E-state index in [0.717, 1.165) is 0 Å². The van der Waals surface area contributed by atoms with Gasteiger partial charge in [0.15, 0.2) is 31.5 Å². The van der Waals surface area contributed by atoms with Crippen LogP contribution in [0.4, 0.5) is 0 Å². The lowest BCUT2D eigenvalue weighted by Crippen LogP contribution is -2.68. The van der Waals surface area contributed by atoms with Crippen LogP contribution in [0.3, 0.4) is 0 Å². The molecule has 6 heterocycles. The summed E-state index contributed by atoms with van der Waals surface area (Å²) >= 11 is 0. The van der Waals surface area contributed by atoms with E-state index in [2.05, 4.69) is 0 Å². The van der Waals surface area contributed by atoms with Crippen LogP contribution < -0.4 is 0 Å². The Bertz CT molecular complexity index is 1330. The molecule has 356 valence electrons. The maximum absolute atomic E-state index is 11.5. The maximum atomic E-state index is 11.5. The molecule has 0 amide bonds. The molecular weight excluding hydrogens is 840 g/mol. The second-order valence-electron chi connectivity index (χ2n) is 15.5. The molecule has 26 atom stereocenters. The molecule has 0 spiro atoms. The third-order valence-electron chi connectivity index (χ3n) is 11.4. The van der Waals surface area contributed by atoms with Crippen LogP contribution in [0.2, 0.25) is 0 Å². The Morgan fingerprint density at radius 3 is 0.934 bits per heavy atom. The van der Waals surface area contributed by atoms with Gasteiger partial charge >= 0.3 is 0 Å². The van der Waals surface area contributed by atoms with Crippen LogP contribution in [0, 0.1) is 0 Å². The summed E-state index contributed by atoms with van der Waals surface area (Å²) in [5.41, 5.74) is 0. The minimum absolute atomic E-state index is 0.0408. The van der Waals surface area contributed by atoms with Gasteiger partial charge in [0.05, 0.1) is 52.4 Å². The van der Waals surface area contributed by atoms with E-state index < -0.39 is 187 Å². The summed E-state index contributed by atoms with van der Waals surface area (Å²) in [6.07, 6.45) is -45.5. The van der Waals surface area contributed by atoms with Crippen molar-refractivity contribution < 1.29 is 134 Å². The highest BCUT2D eigenvalue weighted by atomic mass is 16.8. The van der Waals surface area contributed by atoms with Gasteiger partial charge in [-0.1, -0.05) is 0 Å². The van der Waals surface area contributed by atoms with E-state index >= 15 is 0 Å². The van der Waals surface area contributed by atoms with E-state index in [9.17, 15) is 81.7 Å². The molecule has 0 aromatic rings. The van der Waals surface area contributed by atoms with E-state index in [-0.39, 0.29) is 12.7 Å². The Morgan fingerprint density at radius 2 is 0.623 bits per heavy atom. The molecule has 27 heteroatoms. The molecule has 16 N–H and O–H groups in total. The van der Waals surface area contributed by atoms with E-state index in [4.69, 9.17) is 52.1 Å². The Morgan fingerprint density at radius 1 is 0.344 bits per heavy atom. The molecule has 0 bridgehead atoms. The van der Waals surface area contributed by atoms with Crippen molar-refractivity contribution in [1.82, 2.24) is 0 Å². The summed E-state index contributed by atoms with van der Waals surface area (Å²) in [6, 6.07) is 0. The quantitative estimate of drug-likeness (QED) is 0.0603. The smallest absolute Gasteiger partial charge is 0.187 e. The Balaban J connectivity index is 1.17. The average molecular weight is 899 g/mol. The fraction of sp³-hybridized carbons (Fsp3) is 1.00. The Kier molecular flexibility index (Phi) is 17.4. The van der Waals surface area contributed by atoms with Gasteiger partial charge in [-0.15, -0.1) is 0 Å². The highest BCUT2D eigenvalue weighted by molar-refractivity contribution is 4.99. The van der Waals surface area contributed by atoms with Crippen LogP contribution in [0.1, 0.15) is 6.42 Å². The number of aliphatic hydroxyl groups is 16. The van der Waals surface area contributed by atoms with Crippen molar-refractivity contribution in [3.63, 3.8) is 0 Å². The Hall–Kier alpha value is -1.08. The van der Waals surface area contributed by atoms with E-state index in [1.807, 2.05) is 0 Å². The zero-order valence-electron chi connectivity index (χ0n) is 32.3. The fourth-order valence-corrected chi connectivity index (χ4v) is 7.68. The van der Waals surface area contributed by atoms with Gasteiger partial charge in [-0.2, -0.15) is 0 Å². The van der Waals surface area contributed by atoms with E-state index in [1.54, 1.807) is 0 Å². The van der Waals surface area contributed by atoms with E-state index in [0.29, 0.717) is 13.0 Å². The summed E-state index contributed by atoms with van der Waals surface area (Å²) < 4.78 is 60.9. The zero-order valence-corrected chi connectivity index (χ0v) is 32.3. The van der Waals surface area contributed by atoms with Crippen LogP contribution in [-0.2, 0) is 52.1 Å². The molecule has 1 unspecified atom stereocenters. The van der Waals surface area contributed by atoms with Gasteiger partial charge in [-0.3, -0.25) is 0 Å². The SMILES string of the molecule is OC[C@H]1O[C@@H](O[C@@H]2[C@@H](O)[C@H](O[C@@H]3[C@@H](O)[C@H](O[C@@H]4[C@@H](O)[C@H](O[C@@H]5[C@@H](O)[C@H](OCCC6CO6)O[C@H](CO)[C@H]5O)O[C@H](CO)[C@H]4O)O[C@H](CO)[C@H]3O)O[C@H](CO)[C@H]2O)[C@H](O)[C@@H](O)[C@@H]1O. The molecule has 6 saturated heterocycles. The molecule has 0 saturated carbocycles. The van der Waals surface area contributed by atoms with Crippen molar-refractivity contribution in [1.29, 1.82) is 0 Å². The summed E-state index contributed by atoms with van der Waals surface area (Å²) in [4.78, 5) is 0. The lowest BCUT2D eigenvalue weighted by Gasteiger charge is -2.49. The van der Waals surface area contributed by atoms with Gasteiger partial charge in [0.2, 0.25) is 0 Å². The van der Waals surface area contributed by atoms with Gasteiger partial charge in [0.1, 0.15) is 122 Å². The molecule has 0 aliphatic carbocycles. The number of epoxide rings is 1. The van der Waals surface area contributed by atoms with Gasteiger partial charge in [0.25, 0.3) is 0 Å². The van der Waals surface area contributed by atoms with Crippen LogP contribution >= 0.6 is 0 Å². The largest absolute Gasteiger partial charge is 0.394 e. The topological polar surface area (TPSA) is 429 Å². The zero-order chi connectivity index (χ0) is 44.4. The van der Waals surface area contributed by atoms with Gasteiger partial charge in [-0.05, 0) is 6.42 Å². The number of aliphatic hydroxyl groups excluding tert-OH is 16. The van der Waals surface area contributed by atoms with Crippen molar-refractivity contribution in [2.24, 2.45) is 0 Å². The minimum atomic E-state index is -2.17. The number of hydrogen-bond acceptors (Lipinski definition) is 27. The van der Waals surface area contributed by atoms with Crippen molar-refractivity contribution in [3.05, 3.63) is 0 Å². The lowest BCUT2D eigenvalue weighted by atomic mass is 9.95. The molecule has 0 radical (unpaired) electrons. The first-order chi connectivity index (χ1) is 29.1. The summed E-state index contributed by atoms with van der Waals surface area (Å²) in [6.45, 7) is -3.89. The van der Waals surface area contributed by atoms with Crippen LogP contribution in [-0.4, -0.2) is 288 Å². The van der Waals surface area contributed by atoms with Gasteiger partial charge in [-0.25, -0.2) is 0 Å². The lowest BCUT2D eigenvalue weighted by molar-refractivity contribution is -0.395. The molecule has 27 nitrogen and oxygen atoms in total. The first-order valence-electron chi connectivity index (χ1n) is 19.7. The van der Waals surface area contributed by atoms with E-state index in [1.165, 1.54) is 0 Å².